The average Bonchev–Trinajstić information content (AvgIpc) is 3.54. The van der Waals surface area contributed by atoms with Crippen molar-refractivity contribution >= 4 is 31.6 Å². The van der Waals surface area contributed by atoms with Gasteiger partial charge in [0.05, 0.1) is 21.2 Å². The first-order chi connectivity index (χ1) is 23.7. The summed E-state index contributed by atoms with van der Waals surface area (Å²) in [5.74, 6) is 1.84. The maximum Gasteiger partial charge on any atom is 2.00 e. The largest absolute Gasteiger partial charge is 2.00 e. The van der Waals surface area contributed by atoms with E-state index in [0.29, 0.717) is 23.7 Å². The van der Waals surface area contributed by atoms with E-state index >= 15 is 0 Å². The molecule has 0 aliphatic carbocycles. The summed E-state index contributed by atoms with van der Waals surface area (Å²) in [6, 6.07) is 25.0. The topological polar surface area (TPSA) is 121 Å². The molecule has 4 aromatic rings. The number of nitrogens with zero attached hydrogens (tertiary/aromatic N) is 2. The summed E-state index contributed by atoms with van der Waals surface area (Å²) >= 11 is 0. The van der Waals surface area contributed by atoms with Crippen molar-refractivity contribution in [2.24, 2.45) is 0 Å². The molecule has 0 amide bonds. The van der Waals surface area contributed by atoms with E-state index < -0.39 is 20.2 Å². The Bertz CT molecular complexity index is 1810. The molecule has 282 valence electrons. The second-order valence-corrected chi connectivity index (χ2v) is 16.6. The van der Waals surface area contributed by atoms with Gasteiger partial charge in [-0.15, -0.1) is 0 Å². The fourth-order valence-electron chi connectivity index (χ4n) is 5.55. The van der Waals surface area contributed by atoms with Gasteiger partial charge in [0.15, 0.2) is 0 Å². The normalized spacial score (nSPS) is 12.8. The average molecular weight is 837 g/mol. The molecule has 0 saturated heterocycles. The molecule has 52 heavy (non-hydrogen) atoms. The Hall–Kier alpha value is -3.30. The zero-order valence-corrected chi connectivity index (χ0v) is 34.7. The van der Waals surface area contributed by atoms with Gasteiger partial charge >= 0.3 is 20.4 Å². The Labute approximate surface area is 326 Å². The van der Waals surface area contributed by atoms with Gasteiger partial charge in [0.2, 0.25) is 6.67 Å². The molecule has 0 spiro atoms. The number of aryl methyl sites for hydroxylation is 2. The molecule has 8 nitrogen and oxygen atoms in total. The van der Waals surface area contributed by atoms with Crippen LogP contribution >= 0.6 is 0 Å². The Kier molecular flexibility index (Phi) is 16.5. The van der Waals surface area contributed by atoms with Crippen LogP contribution in [0, 0.1) is 20.5 Å². The number of hydrogen-bond donors (Lipinski definition) is 0. The maximum atomic E-state index is 10.4. The number of benzene rings is 4. The first-order valence-corrected chi connectivity index (χ1v) is 19.9. The van der Waals surface area contributed by atoms with Crippen LogP contribution in [0.1, 0.15) is 112 Å². The Morgan fingerprint density at radius 1 is 0.481 bits per heavy atom. The number of hydrogen-bond acceptors (Lipinski definition) is 8. The quantitative estimate of drug-likeness (QED) is 0.127. The van der Waals surface area contributed by atoms with Crippen LogP contribution in [0.15, 0.2) is 107 Å². The van der Waals surface area contributed by atoms with Gasteiger partial charge in [-0.25, -0.2) is 16.8 Å². The minimum Gasteiger partial charge on any atom is -0.744 e. The van der Waals surface area contributed by atoms with E-state index in [9.17, 15) is 25.9 Å². The molecule has 1 heterocycles. The van der Waals surface area contributed by atoms with Crippen molar-refractivity contribution in [2.45, 2.75) is 103 Å². The molecule has 11 heteroatoms. The number of para-hydroxylation sites is 2. The summed E-state index contributed by atoms with van der Waals surface area (Å²) in [6.07, 6.45) is 4.32. The molecule has 0 unspecified atom stereocenters. The van der Waals surface area contributed by atoms with Gasteiger partial charge in [-0.3, -0.25) is 0 Å². The number of anilines is 2. The molecule has 5 rings (SSSR count). The van der Waals surface area contributed by atoms with Gasteiger partial charge in [-0.2, -0.15) is 0 Å². The molecule has 0 fully saturated rings. The van der Waals surface area contributed by atoms with E-state index in [0.717, 1.165) is 11.1 Å². The Morgan fingerprint density at radius 3 is 0.942 bits per heavy atom. The molecule has 1 aliphatic heterocycles. The van der Waals surface area contributed by atoms with Crippen molar-refractivity contribution in [2.75, 3.05) is 9.80 Å². The summed E-state index contributed by atoms with van der Waals surface area (Å²) in [6.45, 7) is 25.5. The van der Waals surface area contributed by atoms with Gasteiger partial charge in [0, 0.05) is 12.4 Å². The molecule has 0 atom stereocenters. The fourth-order valence-corrected chi connectivity index (χ4v) is 6.49. The third-order valence-electron chi connectivity index (χ3n) is 8.37. The molecule has 0 N–H and O–H groups in total. The fraction of sp³-hybridized carbons (Fsp3) is 0.341. The van der Waals surface area contributed by atoms with Gasteiger partial charge < -0.3 is 18.9 Å². The van der Waals surface area contributed by atoms with Crippen molar-refractivity contribution in [1.82, 2.24) is 0 Å². The third-order valence-corrected chi connectivity index (χ3v) is 10.1. The summed E-state index contributed by atoms with van der Waals surface area (Å²) in [5.41, 5.74) is 9.91. The van der Waals surface area contributed by atoms with Gasteiger partial charge in [0.25, 0.3) is 0 Å². The zero-order valence-electron chi connectivity index (χ0n) is 31.5. The van der Waals surface area contributed by atoms with Crippen LogP contribution in [0.3, 0.4) is 0 Å². The van der Waals surface area contributed by atoms with Crippen molar-refractivity contribution in [3.05, 3.63) is 137 Å². The van der Waals surface area contributed by atoms with Crippen molar-refractivity contribution in [1.29, 1.82) is 0 Å². The molecule has 4 aromatic carbocycles. The summed E-state index contributed by atoms with van der Waals surface area (Å²) in [5, 5.41) is 0. The second-order valence-electron chi connectivity index (χ2n) is 13.9. The van der Waals surface area contributed by atoms with E-state index in [4.69, 9.17) is 0 Å². The van der Waals surface area contributed by atoms with Crippen molar-refractivity contribution < 1.29 is 46.4 Å². The molecule has 0 saturated carbocycles. The summed E-state index contributed by atoms with van der Waals surface area (Å²) < 4.78 is 62.3. The van der Waals surface area contributed by atoms with E-state index in [1.165, 1.54) is 57.9 Å². The van der Waals surface area contributed by atoms with Crippen LogP contribution in [0.2, 0.25) is 0 Å². The number of rotatable bonds is 8. The SMILES string of the molecule is CC(C)c1cccc(C(C)C)c1N1[C]N(c2c(C(C)C)cccc2C(C)C)C=C1.Cc1ccc(S(=O)(=O)[O-])cc1.Cc1ccc(S(=O)(=O)[O-])cc1.[Pd+2]. The minimum atomic E-state index is -4.27. The van der Waals surface area contributed by atoms with Gasteiger partial charge in [-0.05, 0) is 84.0 Å². The molecular weight excluding hydrogens is 787 g/mol. The summed E-state index contributed by atoms with van der Waals surface area (Å²) in [4.78, 5) is 4.05. The van der Waals surface area contributed by atoms with Crippen LogP contribution in [-0.4, -0.2) is 25.9 Å². The van der Waals surface area contributed by atoms with Crippen molar-refractivity contribution in [3.63, 3.8) is 0 Å². The second kappa shape index (κ2) is 19.2. The van der Waals surface area contributed by atoms with Crippen LogP contribution in [-0.2, 0) is 40.7 Å². The smallest absolute Gasteiger partial charge is 0.744 e. The zero-order chi connectivity index (χ0) is 38.3. The molecule has 0 aromatic heterocycles. The Balaban J connectivity index is 0.000000333. The van der Waals surface area contributed by atoms with E-state index in [2.05, 4.69) is 121 Å². The molecule has 2 radical (unpaired) electrons. The Morgan fingerprint density at radius 2 is 0.731 bits per heavy atom. The van der Waals surface area contributed by atoms with Crippen molar-refractivity contribution in [3.8, 4) is 0 Å². The van der Waals surface area contributed by atoms with E-state index in [1.54, 1.807) is 24.3 Å². The van der Waals surface area contributed by atoms with Gasteiger partial charge in [0.1, 0.15) is 20.2 Å². The third kappa shape index (κ3) is 12.1. The predicted octanol–water partition coefficient (Wildman–Crippen LogP) is 9.77. The molecule has 1 aliphatic rings. The first kappa shape index (κ1) is 44.9. The maximum absolute atomic E-state index is 10.4. The first-order valence-electron chi connectivity index (χ1n) is 17.1. The van der Waals surface area contributed by atoms with Crippen LogP contribution in [0.4, 0.5) is 11.4 Å². The van der Waals surface area contributed by atoms with Crippen LogP contribution in [0.25, 0.3) is 0 Å². The molecule has 0 bridgehead atoms. The molecular formula is C41H50N2O6PdS2. The monoisotopic (exact) mass is 836 g/mol. The summed E-state index contributed by atoms with van der Waals surface area (Å²) in [7, 11) is -8.54. The van der Waals surface area contributed by atoms with E-state index in [-0.39, 0.29) is 30.2 Å². The van der Waals surface area contributed by atoms with Crippen LogP contribution in [0.5, 0.6) is 0 Å². The van der Waals surface area contributed by atoms with E-state index in [1.807, 2.05) is 13.8 Å². The van der Waals surface area contributed by atoms with Crippen LogP contribution < -0.4 is 9.80 Å². The predicted molar refractivity (Wildman–Crippen MR) is 205 cm³/mol. The minimum absolute atomic E-state index is 0. The standard InChI is InChI=1S/C27H36N2.2C7H8O3S.Pd/c1-18(2)22-11-9-12-23(19(3)4)26(22)28-15-16-29(17-28)27-24(20(5)6)13-10-14-25(27)21(7)8;2*1-6-2-4-7(5-3-6)11(8,9)10;/h9-16,18-21H,1-8H3;2*2-5H,1H3,(H,8,9,10);/q;;;+2/p-2. The van der Waals surface area contributed by atoms with Gasteiger partial charge in [-0.1, -0.05) is 127 Å².